The van der Waals surface area contributed by atoms with Crippen molar-refractivity contribution >= 4 is 24.0 Å². The van der Waals surface area contributed by atoms with Crippen molar-refractivity contribution in [1.29, 1.82) is 0 Å². The number of hydrazone groups is 1. The van der Waals surface area contributed by atoms with Crippen molar-refractivity contribution in [3.63, 3.8) is 0 Å². The van der Waals surface area contributed by atoms with Gasteiger partial charge in [0.25, 0.3) is 0 Å². The van der Waals surface area contributed by atoms with Crippen molar-refractivity contribution in [3.8, 4) is 5.75 Å². The molecule has 0 aromatic carbocycles. The fraction of sp³-hybridized carbons (Fsp3) is 0.125. The molecule has 0 saturated carbocycles. The minimum absolute atomic E-state index is 0.182. The maximum absolute atomic E-state index is 11.1. The lowest BCUT2D eigenvalue weighted by molar-refractivity contribution is -0.414. The number of nitro groups is 1. The van der Waals surface area contributed by atoms with Gasteiger partial charge in [0.05, 0.1) is 6.21 Å². The predicted octanol–water partition coefficient (Wildman–Crippen LogP) is -0.853. The molecule has 18 heavy (non-hydrogen) atoms. The quantitative estimate of drug-likeness (QED) is 0.321. The molecular weight excluding hydrogens is 248 g/mol. The molecule has 2 rings (SSSR count). The van der Waals surface area contributed by atoms with E-state index in [1.807, 2.05) is 5.32 Å². The summed E-state index contributed by atoms with van der Waals surface area (Å²) in [7, 11) is 0. The Labute approximate surface area is 98.6 Å². The molecule has 0 aliphatic carbocycles. The fourth-order valence-corrected chi connectivity index (χ4v) is 1.22. The summed E-state index contributed by atoms with van der Waals surface area (Å²) in [5.41, 5.74) is 0. The van der Waals surface area contributed by atoms with Gasteiger partial charge in [0.2, 0.25) is 5.91 Å². The van der Waals surface area contributed by atoms with Crippen molar-refractivity contribution < 1.29 is 24.0 Å². The molecule has 94 valence electrons. The van der Waals surface area contributed by atoms with E-state index >= 15 is 0 Å². The van der Waals surface area contributed by atoms with Crippen LogP contribution < -0.4 is 10.4 Å². The molecule has 1 fully saturated rings. The molecule has 1 aliphatic heterocycles. The average molecular weight is 253 g/mol. The first-order chi connectivity index (χ1) is 8.47. The Morgan fingerprint density at radius 2 is 2.28 bits per heavy atom. The van der Waals surface area contributed by atoms with Crippen molar-refractivity contribution in [2.75, 3.05) is 6.54 Å². The van der Waals surface area contributed by atoms with Crippen LogP contribution in [0.4, 0.5) is 10.7 Å². The lowest BCUT2D eigenvalue weighted by Crippen LogP contribution is -2.24. The Kier molecular flexibility index (Phi) is 2.67. The van der Waals surface area contributed by atoms with Crippen LogP contribution in [0, 0.1) is 10.1 Å². The van der Waals surface area contributed by atoms with Gasteiger partial charge in [-0.2, -0.15) is 5.10 Å². The maximum Gasteiger partial charge on any atom is 0.425 e. The Morgan fingerprint density at radius 1 is 1.56 bits per heavy atom. The molecule has 10 heteroatoms. The van der Waals surface area contributed by atoms with Crippen molar-refractivity contribution in [2.45, 2.75) is 0 Å². The number of nitrogens with zero attached hydrogens (tertiary/aromatic N) is 3. The first kappa shape index (κ1) is 11.6. The van der Waals surface area contributed by atoms with Crippen LogP contribution >= 0.6 is 0 Å². The van der Waals surface area contributed by atoms with Crippen molar-refractivity contribution in [1.82, 2.24) is 10.3 Å². The molecule has 0 radical (unpaired) electrons. The highest BCUT2D eigenvalue weighted by Gasteiger charge is 2.26. The molecule has 1 aromatic heterocycles. The lowest BCUT2D eigenvalue weighted by Gasteiger charge is -2.02. The van der Waals surface area contributed by atoms with Crippen LogP contribution in [0.15, 0.2) is 15.6 Å². The van der Waals surface area contributed by atoms with Crippen LogP contribution in [0.3, 0.4) is 0 Å². The predicted molar refractivity (Wildman–Crippen MR) is 52.6 cm³/mol. The van der Waals surface area contributed by atoms with Crippen LogP contribution in [-0.2, 0) is 4.79 Å². The van der Waals surface area contributed by atoms with E-state index in [2.05, 4.69) is 9.52 Å². The van der Waals surface area contributed by atoms with Gasteiger partial charge in [-0.1, -0.05) is 0 Å². The highest BCUT2D eigenvalue weighted by molar-refractivity contribution is 6.02. The number of nitrogens with one attached hydrogen (secondary N) is 1. The van der Waals surface area contributed by atoms with Gasteiger partial charge in [-0.15, -0.1) is 0 Å². The highest BCUT2D eigenvalue weighted by atomic mass is 16.7. The van der Waals surface area contributed by atoms with E-state index in [0.29, 0.717) is 0 Å². The van der Waals surface area contributed by atoms with Gasteiger partial charge >= 0.3 is 11.9 Å². The largest absolute Gasteiger partial charge is 0.865 e. The van der Waals surface area contributed by atoms with Gasteiger partial charge in [0, 0.05) is 5.75 Å². The van der Waals surface area contributed by atoms with Gasteiger partial charge in [0.1, 0.15) is 11.5 Å². The van der Waals surface area contributed by atoms with Gasteiger partial charge in [-0.3, -0.25) is 20.2 Å². The number of amides is 3. The molecule has 1 aromatic rings. The van der Waals surface area contributed by atoms with Crippen molar-refractivity contribution in [3.05, 3.63) is 21.9 Å². The fourth-order valence-electron chi connectivity index (χ4n) is 1.22. The number of imide groups is 1. The number of furan rings is 1. The van der Waals surface area contributed by atoms with E-state index in [0.717, 1.165) is 17.3 Å². The summed E-state index contributed by atoms with van der Waals surface area (Å²) >= 11 is 0. The second kappa shape index (κ2) is 4.16. The van der Waals surface area contributed by atoms with Crippen LogP contribution in [0.25, 0.3) is 0 Å². The van der Waals surface area contributed by atoms with E-state index in [9.17, 15) is 24.8 Å². The lowest BCUT2D eigenvalue weighted by atomic mass is 10.4. The third kappa shape index (κ3) is 2.11. The number of carbonyl (C=O) groups is 2. The molecule has 1 aliphatic rings. The number of hydrogen-bond acceptors (Lipinski definition) is 7. The van der Waals surface area contributed by atoms with Crippen LogP contribution in [0.5, 0.6) is 5.75 Å². The van der Waals surface area contributed by atoms with Gasteiger partial charge < -0.3 is 9.52 Å². The SMILES string of the molecule is O=C1CN(/N=C/c2cc([O-])c([N+](=O)[O-])o2)C(=O)N1. The molecular formula is C8H5N4O6-. The highest BCUT2D eigenvalue weighted by Crippen LogP contribution is 2.25. The number of rotatable bonds is 3. The summed E-state index contributed by atoms with van der Waals surface area (Å²) in [5, 5.41) is 27.7. The monoisotopic (exact) mass is 253 g/mol. The zero-order valence-electron chi connectivity index (χ0n) is 8.65. The third-order valence-electron chi connectivity index (χ3n) is 1.96. The minimum atomic E-state index is -0.967. The van der Waals surface area contributed by atoms with Crippen molar-refractivity contribution in [2.24, 2.45) is 5.10 Å². The van der Waals surface area contributed by atoms with E-state index in [1.165, 1.54) is 0 Å². The summed E-state index contributed by atoms with van der Waals surface area (Å²) in [4.78, 5) is 31.3. The van der Waals surface area contributed by atoms with E-state index in [4.69, 9.17) is 0 Å². The Bertz CT molecular complexity index is 562. The van der Waals surface area contributed by atoms with E-state index in [1.54, 1.807) is 0 Å². The summed E-state index contributed by atoms with van der Waals surface area (Å²) in [6, 6.07) is 0.136. The smallest absolute Gasteiger partial charge is 0.425 e. The Balaban J connectivity index is 2.14. The molecule has 3 amide bonds. The molecule has 0 spiro atoms. The minimum Gasteiger partial charge on any atom is -0.865 e. The molecule has 0 bridgehead atoms. The third-order valence-corrected chi connectivity index (χ3v) is 1.96. The normalized spacial score (nSPS) is 15.4. The van der Waals surface area contributed by atoms with Gasteiger partial charge in [-0.25, -0.2) is 9.80 Å². The Morgan fingerprint density at radius 3 is 2.78 bits per heavy atom. The maximum atomic E-state index is 11.1. The zero-order valence-corrected chi connectivity index (χ0v) is 8.65. The number of hydrogen-bond donors (Lipinski definition) is 1. The zero-order chi connectivity index (χ0) is 13.3. The molecule has 1 N–H and O–H groups in total. The average Bonchev–Trinajstić information content (AvgIpc) is 2.79. The molecule has 1 saturated heterocycles. The summed E-state index contributed by atoms with van der Waals surface area (Å²) in [6.45, 7) is -0.262. The van der Waals surface area contributed by atoms with Crippen LogP contribution in [0.1, 0.15) is 5.76 Å². The van der Waals surface area contributed by atoms with Gasteiger partial charge in [-0.05, 0) is 6.07 Å². The Hall–Kier alpha value is -2.91. The molecule has 2 heterocycles. The standard InChI is InChI=1S/C8H6N4O6/c13-5-1-4(18-7(5)12(16)17)2-9-11-3-6(14)10-8(11)15/h1-2,13H,3H2,(H,10,14,15)/p-1/b9-2+. The molecule has 0 unspecified atom stereocenters. The van der Waals surface area contributed by atoms with E-state index < -0.39 is 28.5 Å². The van der Waals surface area contributed by atoms with Crippen LogP contribution in [0.2, 0.25) is 0 Å². The molecule has 10 nitrogen and oxygen atoms in total. The van der Waals surface area contributed by atoms with Gasteiger partial charge in [0.15, 0.2) is 5.76 Å². The van der Waals surface area contributed by atoms with Crippen LogP contribution in [-0.4, -0.2) is 34.6 Å². The van der Waals surface area contributed by atoms with E-state index in [-0.39, 0.29) is 12.3 Å². The number of carbonyl (C=O) groups excluding carboxylic acids is 2. The number of urea groups is 1. The second-order valence-electron chi connectivity index (χ2n) is 3.23. The first-order valence-electron chi connectivity index (χ1n) is 4.58. The summed E-state index contributed by atoms with van der Waals surface area (Å²) < 4.78 is 4.59. The topological polar surface area (TPSA) is 141 Å². The summed E-state index contributed by atoms with van der Waals surface area (Å²) in [6.07, 6.45) is 0.937. The first-order valence-corrected chi connectivity index (χ1v) is 4.58. The molecule has 0 atom stereocenters. The second-order valence-corrected chi connectivity index (χ2v) is 3.23. The summed E-state index contributed by atoms with van der Waals surface area (Å²) in [5.74, 6) is -2.53.